The molecule has 0 rings (SSSR count). The van der Waals surface area contributed by atoms with Crippen LogP contribution in [-0.2, 0) is 0 Å². The van der Waals surface area contributed by atoms with Gasteiger partial charge in [-0.15, -0.1) is 0 Å². The molecule has 0 spiro atoms. The van der Waals surface area contributed by atoms with E-state index < -0.39 is 4.05 Å². The predicted octanol–water partition coefficient (Wildman–Crippen LogP) is 4.48. The minimum atomic E-state index is -2.58. The quantitative estimate of drug-likeness (QED) is 0.588. The molecule has 0 aliphatic rings. The maximum atomic E-state index is 11.0. The molecule has 0 saturated carbocycles. The van der Waals surface area contributed by atoms with E-state index in [2.05, 4.69) is 48.7 Å². The average Bonchev–Trinajstić information content (AvgIpc) is 1.63. The average molecular weight is 210 g/mol. The van der Waals surface area contributed by atoms with Crippen LogP contribution in [0.4, 0.5) is 4.39 Å². The summed E-state index contributed by atoms with van der Waals surface area (Å²) >= 11 is 13.2. The smallest absolute Gasteiger partial charge is 0.189 e. The zero-order valence-electron chi connectivity index (χ0n) is 6.13. The van der Waals surface area contributed by atoms with Gasteiger partial charge in [-0.05, 0) is 34.8 Å². The second-order valence-corrected chi connectivity index (χ2v) is 3.92. The molecular weight excluding hydrogens is 197 g/mol. The fourth-order valence-electron chi connectivity index (χ4n) is 0.354. The van der Waals surface area contributed by atoms with Gasteiger partial charge in [0.25, 0.3) is 0 Å². The van der Waals surface area contributed by atoms with E-state index in [9.17, 15) is 4.39 Å². The molecule has 4 heteroatoms. The van der Waals surface area contributed by atoms with E-state index in [0.29, 0.717) is 0 Å². The second kappa shape index (κ2) is 7.90. The Hall–Kier alpha value is 0.800. The molecule has 0 unspecified atom stereocenters. The topological polar surface area (TPSA) is 0 Å². The van der Waals surface area contributed by atoms with Gasteiger partial charge in [-0.3, -0.25) is 0 Å². The number of alkyl halides is 4. The molecule has 0 aromatic carbocycles. The van der Waals surface area contributed by atoms with Gasteiger partial charge in [-0.1, -0.05) is 33.1 Å². The highest BCUT2D eigenvalue weighted by Crippen LogP contribution is 2.26. The first kappa shape index (κ1) is 13.4. The summed E-state index contributed by atoms with van der Waals surface area (Å²) in [4.78, 5) is 0. The third kappa shape index (κ3) is 68.3. The van der Waals surface area contributed by atoms with Crippen LogP contribution < -0.4 is 0 Å². The molecule has 0 aromatic rings. The van der Waals surface area contributed by atoms with Gasteiger partial charge in [0.1, 0.15) is 0 Å². The first-order valence-electron chi connectivity index (χ1n) is 3.17. The van der Waals surface area contributed by atoms with Crippen LogP contribution in [0.5, 0.6) is 0 Å². The van der Waals surface area contributed by atoms with Crippen molar-refractivity contribution in [3.05, 3.63) is 0 Å². The minimum Gasteiger partial charge on any atom is -0.189 e. The van der Waals surface area contributed by atoms with E-state index >= 15 is 0 Å². The summed E-state index contributed by atoms with van der Waals surface area (Å²) in [6, 6.07) is 0. The standard InChI is InChI=1S/C5H12.CCl3F/c1-3-5-4-2;2-1(3,4)5/h3-5H2,1-2H3;. The van der Waals surface area contributed by atoms with Crippen molar-refractivity contribution in [3.63, 3.8) is 0 Å². The lowest BCUT2D eigenvalue weighted by atomic mass is 10.3. The molecule has 64 valence electrons. The molecule has 0 radical (unpaired) electrons. The summed E-state index contributed by atoms with van der Waals surface area (Å²) in [5.41, 5.74) is 0. The molecule has 0 aliphatic carbocycles. The second-order valence-electron chi connectivity index (χ2n) is 1.78. The summed E-state index contributed by atoms with van der Waals surface area (Å²) < 4.78 is 8.40. The van der Waals surface area contributed by atoms with Gasteiger partial charge in [-0.25, -0.2) is 0 Å². The van der Waals surface area contributed by atoms with Crippen LogP contribution >= 0.6 is 34.8 Å². The van der Waals surface area contributed by atoms with Crippen LogP contribution in [0, 0.1) is 0 Å². The summed E-state index contributed by atoms with van der Waals surface area (Å²) in [7, 11) is 0. The highest BCUT2D eigenvalue weighted by molar-refractivity contribution is 6.66. The maximum absolute atomic E-state index is 11.0. The summed E-state index contributed by atoms with van der Waals surface area (Å²) in [5.74, 6) is 0. The number of hydrogen-bond acceptors (Lipinski definition) is 0. The normalized spacial score (nSPS) is 10.2. The number of rotatable bonds is 2. The van der Waals surface area contributed by atoms with Crippen LogP contribution in [0.25, 0.3) is 0 Å². The summed E-state index contributed by atoms with van der Waals surface area (Å²) in [6.45, 7) is 4.42. The Morgan fingerprint density at radius 3 is 1.30 bits per heavy atom. The van der Waals surface area contributed by atoms with Crippen molar-refractivity contribution >= 4 is 34.8 Å². The summed E-state index contributed by atoms with van der Waals surface area (Å²) in [5, 5.41) is 0. The monoisotopic (exact) mass is 208 g/mol. The zero-order valence-corrected chi connectivity index (χ0v) is 8.40. The molecule has 0 fully saturated rings. The lowest BCUT2D eigenvalue weighted by molar-refractivity contribution is 0.507. The fourth-order valence-corrected chi connectivity index (χ4v) is 0.354. The van der Waals surface area contributed by atoms with Gasteiger partial charge in [0.2, 0.25) is 0 Å². The van der Waals surface area contributed by atoms with Crippen molar-refractivity contribution in [3.8, 4) is 0 Å². The highest BCUT2D eigenvalue weighted by Gasteiger charge is 2.14. The van der Waals surface area contributed by atoms with Crippen LogP contribution in [-0.4, -0.2) is 4.05 Å². The van der Waals surface area contributed by atoms with Gasteiger partial charge in [0.05, 0.1) is 0 Å². The van der Waals surface area contributed by atoms with E-state index in [1.807, 2.05) is 0 Å². The Balaban J connectivity index is 0. The van der Waals surface area contributed by atoms with E-state index in [1.165, 1.54) is 19.3 Å². The molecule has 0 bridgehead atoms. The van der Waals surface area contributed by atoms with Gasteiger partial charge in [-0.2, -0.15) is 4.39 Å². The Morgan fingerprint density at radius 2 is 1.30 bits per heavy atom. The first-order chi connectivity index (χ1) is 4.41. The molecule has 0 aliphatic heterocycles. The minimum absolute atomic E-state index is 1.34. The SMILES string of the molecule is CCCCC.FC(Cl)(Cl)Cl. The Morgan fingerprint density at radius 1 is 1.10 bits per heavy atom. The molecule has 0 saturated heterocycles. The van der Waals surface area contributed by atoms with Crippen molar-refractivity contribution in [1.82, 2.24) is 0 Å². The molecule has 0 atom stereocenters. The Labute approximate surface area is 76.6 Å². The molecule has 0 N–H and O–H groups in total. The number of unbranched alkanes of at least 4 members (excludes halogenated alkanes) is 2. The maximum Gasteiger partial charge on any atom is 0.333 e. The third-order valence-corrected chi connectivity index (χ3v) is 0.707. The third-order valence-electron chi connectivity index (χ3n) is 0.707. The van der Waals surface area contributed by atoms with E-state index in [1.54, 1.807) is 0 Å². The van der Waals surface area contributed by atoms with Crippen LogP contribution in [0.3, 0.4) is 0 Å². The number of hydrogen-bond donors (Lipinski definition) is 0. The van der Waals surface area contributed by atoms with Crippen LogP contribution in [0.2, 0.25) is 0 Å². The molecule has 10 heavy (non-hydrogen) atoms. The molecular formula is C6H12Cl3F. The van der Waals surface area contributed by atoms with Gasteiger partial charge < -0.3 is 0 Å². The molecule has 0 nitrogen and oxygen atoms in total. The molecule has 0 amide bonds. The van der Waals surface area contributed by atoms with Gasteiger partial charge in [0, 0.05) is 0 Å². The zero-order chi connectivity index (χ0) is 8.62. The summed E-state index contributed by atoms with van der Waals surface area (Å²) in [6.07, 6.45) is 4.08. The Bertz CT molecular complexity index is 52.5. The van der Waals surface area contributed by atoms with Crippen LogP contribution in [0.1, 0.15) is 33.1 Å². The van der Waals surface area contributed by atoms with Crippen molar-refractivity contribution < 1.29 is 4.39 Å². The molecule has 0 heterocycles. The van der Waals surface area contributed by atoms with Crippen molar-refractivity contribution in [2.75, 3.05) is 0 Å². The van der Waals surface area contributed by atoms with Crippen molar-refractivity contribution in [2.45, 2.75) is 37.2 Å². The largest absolute Gasteiger partial charge is 0.333 e. The van der Waals surface area contributed by atoms with Crippen molar-refractivity contribution in [1.29, 1.82) is 0 Å². The predicted molar refractivity (Wildman–Crippen MR) is 46.6 cm³/mol. The van der Waals surface area contributed by atoms with Crippen LogP contribution in [0.15, 0.2) is 0 Å². The van der Waals surface area contributed by atoms with Crippen molar-refractivity contribution in [2.24, 2.45) is 0 Å². The van der Waals surface area contributed by atoms with E-state index in [4.69, 9.17) is 0 Å². The lowest BCUT2D eigenvalue weighted by Crippen LogP contribution is -1.83. The molecule has 0 aromatic heterocycles. The first-order valence-corrected chi connectivity index (χ1v) is 4.30. The Kier molecular flexibility index (Phi) is 10.6. The lowest BCUT2D eigenvalue weighted by Gasteiger charge is -1.89. The van der Waals surface area contributed by atoms with E-state index in [0.717, 1.165) is 0 Å². The van der Waals surface area contributed by atoms with E-state index in [-0.39, 0.29) is 0 Å². The van der Waals surface area contributed by atoms with Gasteiger partial charge >= 0.3 is 4.05 Å². The number of halogens is 4. The fraction of sp³-hybridized carbons (Fsp3) is 1.00. The highest BCUT2D eigenvalue weighted by atomic mass is 35.6. The van der Waals surface area contributed by atoms with Gasteiger partial charge in [0.15, 0.2) is 0 Å².